The third kappa shape index (κ3) is 5.09. The molecule has 33 heavy (non-hydrogen) atoms. The van der Waals surface area contributed by atoms with E-state index in [-0.39, 0.29) is 41.7 Å². The number of alkyl halides is 1. The van der Waals surface area contributed by atoms with E-state index in [4.69, 9.17) is 0 Å². The fraction of sp³-hybridized carbons (Fsp3) is 0.458. The number of amides is 1. The number of benzene rings is 2. The van der Waals surface area contributed by atoms with E-state index in [0.717, 1.165) is 0 Å². The molecule has 0 aromatic heterocycles. The Labute approximate surface area is 192 Å². The van der Waals surface area contributed by atoms with Crippen molar-refractivity contribution in [2.24, 2.45) is 5.92 Å². The minimum absolute atomic E-state index is 0.0657. The Kier molecular flexibility index (Phi) is 6.55. The van der Waals surface area contributed by atoms with E-state index in [1.54, 1.807) is 19.1 Å². The monoisotopic (exact) mass is 480 g/mol. The summed E-state index contributed by atoms with van der Waals surface area (Å²) < 4.78 is 71.2. The van der Waals surface area contributed by atoms with Crippen molar-refractivity contribution < 1.29 is 26.4 Å². The van der Waals surface area contributed by atoms with Crippen LogP contribution in [0.1, 0.15) is 30.9 Å². The van der Waals surface area contributed by atoms with Crippen molar-refractivity contribution in [1.29, 1.82) is 0 Å². The third-order valence-corrected chi connectivity index (χ3v) is 7.73. The number of carbonyl (C=O) groups is 1. The van der Waals surface area contributed by atoms with Crippen LogP contribution in [0.2, 0.25) is 0 Å². The van der Waals surface area contributed by atoms with Crippen LogP contribution in [0.25, 0.3) is 11.1 Å². The second-order valence-electron chi connectivity index (χ2n) is 8.90. The van der Waals surface area contributed by atoms with E-state index in [0.29, 0.717) is 24.0 Å². The van der Waals surface area contributed by atoms with Gasteiger partial charge < -0.3 is 4.90 Å². The first-order valence-electron chi connectivity index (χ1n) is 11.1. The quantitative estimate of drug-likeness (QED) is 0.657. The van der Waals surface area contributed by atoms with Gasteiger partial charge in [-0.05, 0) is 61.9 Å². The summed E-state index contributed by atoms with van der Waals surface area (Å²) in [6.07, 6.45) is -0.236. The van der Waals surface area contributed by atoms with Gasteiger partial charge in [-0.2, -0.15) is 0 Å². The largest absolute Gasteiger partial charge is 0.334 e. The molecule has 178 valence electrons. The predicted molar refractivity (Wildman–Crippen MR) is 120 cm³/mol. The smallest absolute Gasteiger partial charge is 0.226 e. The molecule has 2 fully saturated rings. The number of sulfonamides is 1. The molecule has 0 unspecified atom stereocenters. The molecule has 0 radical (unpaired) electrons. The molecule has 1 saturated heterocycles. The van der Waals surface area contributed by atoms with Crippen LogP contribution in [0.4, 0.5) is 13.2 Å². The van der Waals surface area contributed by atoms with Gasteiger partial charge in [-0.1, -0.05) is 24.3 Å². The number of aryl methyl sites for hydroxylation is 1. The lowest BCUT2D eigenvalue weighted by Gasteiger charge is -2.29. The summed E-state index contributed by atoms with van der Waals surface area (Å²) in [5.41, 5.74) is 1.41. The van der Waals surface area contributed by atoms with Gasteiger partial charge in [0, 0.05) is 11.5 Å². The normalized spacial score (nSPS) is 23.2. The molecule has 3 atom stereocenters. The first kappa shape index (κ1) is 23.8. The van der Waals surface area contributed by atoms with Crippen molar-refractivity contribution >= 4 is 15.9 Å². The van der Waals surface area contributed by atoms with Crippen LogP contribution in [-0.4, -0.2) is 49.8 Å². The van der Waals surface area contributed by atoms with Gasteiger partial charge in [0.25, 0.3) is 0 Å². The molecule has 1 aliphatic heterocycles. The highest BCUT2D eigenvalue weighted by Gasteiger charge is 2.48. The van der Waals surface area contributed by atoms with Crippen LogP contribution in [0.3, 0.4) is 0 Å². The zero-order valence-corrected chi connectivity index (χ0v) is 19.3. The molecular formula is C24H27F3N2O3S. The van der Waals surface area contributed by atoms with Gasteiger partial charge in [-0.15, -0.1) is 0 Å². The maximum absolute atomic E-state index is 15.5. The van der Waals surface area contributed by atoms with Gasteiger partial charge in [0.2, 0.25) is 15.9 Å². The van der Waals surface area contributed by atoms with Crippen LogP contribution in [-0.2, 0) is 21.2 Å². The Morgan fingerprint density at radius 2 is 1.91 bits per heavy atom. The second-order valence-corrected chi connectivity index (χ2v) is 10.9. The lowest BCUT2D eigenvalue weighted by atomic mass is 9.95. The maximum Gasteiger partial charge on any atom is 0.226 e. The van der Waals surface area contributed by atoms with E-state index < -0.39 is 39.9 Å². The van der Waals surface area contributed by atoms with Crippen LogP contribution in [0.15, 0.2) is 36.4 Å². The number of halogens is 3. The molecule has 4 rings (SSSR count). The third-order valence-electron chi connectivity index (χ3n) is 6.34. The number of nitrogens with zero attached hydrogens (tertiary/aromatic N) is 1. The molecule has 5 nitrogen and oxygen atoms in total. The van der Waals surface area contributed by atoms with Crippen LogP contribution in [0.5, 0.6) is 0 Å². The Morgan fingerprint density at radius 1 is 1.18 bits per heavy atom. The van der Waals surface area contributed by atoms with E-state index in [9.17, 15) is 22.0 Å². The zero-order valence-electron chi connectivity index (χ0n) is 18.5. The molecule has 0 spiro atoms. The Bertz CT molecular complexity index is 1150. The lowest BCUT2D eigenvalue weighted by Crippen LogP contribution is -2.50. The molecule has 1 saturated carbocycles. The molecule has 1 amide bonds. The molecule has 2 aromatic carbocycles. The summed E-state index contributed by atoms with van der Waals surface area (Å²) in [4.78, 5) is 14.2. The van der Waals surface area contributed by atoms with Crippen molar-refractivity contribution in [2.75, 3.05) is 12.3 Å². The van der Waals surface area contributed by atoms with Crippen LogP contribution >= 0.6 is 0 Å². The number of rotatable bonds is 7. The van der Waals surface area contributed by atoms with Gasteiger partial charge in [0.1, 0.15) is 17.8 Å². The van der Waals surface area contributed by atoms with E-state index in [2.05, 4.69) is 4.72 Å². The summed E-state index contributed by atoms with van der Waals surface area (Å²) >= 11 is 0. The average molecular weight is 481 g/mol. The summed E-state index contributed by atoms with van der Waals surface area (Å²) in [7, 11) is -3.75. The standard InChI is InChI=1S/C24H27F3N2O3S/c1-3-33(31,32)28-23-20(26)13-29(24(30)15-7-8-15)21(23)12-16-5-4-6-19(22(16)27)17-9-14(2)10-18(25)11-17/h4-6,9-11,15,20-21,23,28H,3,7-8,12-13H2,1-2H3/t20-,21-,23-/m0/s1. The lowest BCUT2D eigenvalue weighted by molar-refractivity contribution is -0.133. The fourth-order valence-corrected chi connectivity index (χ4v) is 5.33. The summed E-state index contributed by atoms with van der Waals surface area (Å²) in [6.45, 7) is 2.91. The summed E-state index contributed by atoms with van der Waals surface area (Å²) in [6, 6.07) is 6.89. The van der Waals surface area contributed by atoms with Gasteiger partial charge in [0.05, 0.1) is 24.4 Å². The summed E-state index contributed by atoms with van der Waals surface area (Å²) in [5.74, 6) is -1.73. The molecular weight excluding hydrogens is 453 g/mol. The molecule has 1 heterocycles. The number of likely N-dealkylation sites (tertiary alicyclic amines) is 1. The van der Waals surface area contributed by atoms with Gasteiger partial charge in [-0.3, -0.25) is 4.79 Å². The highest BCUT2D eigenvalue weighted by molar-refractivity contribution is 7.89. The van der Waals surface area contributed by atoms with Crippen molar-refractivity contribution in [3.8, 4) is 11.1 Å². The SMILES string of the molecule is CCS(=O)(=O)N[C@H]1[C@@H](F)CN(C(=O)C2CC2)[C@H]1Cc1cccc(-c2cc(C)cc(F)c2)c1F. The Balaban J connectivity index is 1.69. The minimum Gasteiger partial charge on any atom is -0.334 e. The fourth-order valence-electron chi connectivity index (χ4n) is 4.45. The summed E-state index contributed by atoms with van der Waals surface area (Å²) in [5, 5.41) is 0. The van der Waals surface area contributed by atoms with Gasteiger partial charge >= 0.3 is 0 Å². The maximum atomic E-state index is 15.5. The minimum atomic E-state index is -3.75. The van der Waals surface area contributed by atoms with E-state index >= 15 is 4.39 Å². The topological polar surface area (TPSA) is 66.5 Å². The number of hydrogen-bond donors (Lipinski definition) is 1. The number of carbonyl (C=O) groups excluding carboxylic acids is 1. The van der Waals surface area contributed by atoms with Gasteiger partial charge in [0.15, 0.2) is 0 Å². The predicted octanol–water partition coefficient (Wildman–Crippen LogP) is 3.75. The molecule has 1 aliphatic carbocycles. The molecule has 2 aliphatic rings. The first-order chi connectivity index (χ1) is 15.6. The van der Waals surface area contributed by atoms with Gasteiger partial charge in [-0.25, -0.2) is 26.3 Å². The number of nitrogens with one attached hydrogen (secondary N) is 1. The van der Waals surface area contributed by atoms with Crippen molar-refractivity contribution in [3.63, 3.8) is 0 Å². The van der Waals surface area contributed by atoms with Crippen LogP contribution < -0.4 is 4.72 Å². The molecule has 9 heteroatoms. The second kappa shape index (κ2) is 9.10. The van der Waals surface area contributed by atoms with Crippen molar-refractivity contribution in [3.05, 3.63) is 59.2 Å². The average Bonchev–Trinajstić information content (AvgIpc) is 3.55. The highest BCUT2D eigenvalue weighted by Crippen LogP contribution is 2.36. The molecule has 0 bridgehead atoms. The number of hydrogen-bond acceptors (Lipinski definition) is 3. The first-order valence-corrected chi connectivity index (χ1v) is 12.7. The Morgan fingerprint density at radius 3 is 2.55 bits per heavy atom. The van der Waals surface area contributed by atoms with E-state index in [1.807, 2.05) is 0 Å². The Hall–Kier alpha value is -2.39. The molecule has 2 aromatic rings. The van der Waals surface area contributed by atoms with Crippen LogP contribution in [0, 0.1) is 24.5 Å². The van der Waals surface area contributed by atoms with Crippen molar-refractivity contribution in [1.82, 2.24) is 9.62 Å². The van der Waals surface area contributed by atoms with Crippen molar-refractivity contribution in [2.45, 2.75) is 51.4 Å². The zero-order chi connectivity index (χ0) is 23.9. The molecule has 1 N–H and O–H groups in total. The highest BCUT2D eigenvalue weighted by atomic mass is 32.2. The van der Waals surface area contributed by atoms with E-state index in [1.165, 1.54) is 36.1 Å².